The molecule has 3 rings (SSSR count). The van der Waals surface area contributed by atoms with Crippen molar-refractivity contribution in [3.63, 3.8) is 0 Å². The molecule has 0 bridgehead atoms. The molecule has 1 aliphatic heterocycles. The molecule has 0 amide bonds. The van der Waals surface area contributed by atoms with Crippen molar-refractivity contribution in [3.8, 4) is 17.2 Å². The lowest BCUT2D eigenvalue weighted by atomic mass is 9.67. The third-order valence-corrected chi connectivity index (χ3v) is 5.41. The third kappa shape index (κ3) is 6.47. The van der Waals surface area contributed by atoms with Gasteiger partial charge in [-0.05, 0) is 37.7 Å². The van der Waals surface area contributed by atoms with E-state index in [2.05, 4.69) is 20.4 Å². The van der Waals surface area contributed by atoms with Gasteiger partial charge in [-0.1, -0.05) is 6.42 Å². The van der Waals surface area contributed by atoms with E-state index >= 15 is 0 Å². The number of halogens is 3. The zero-order chi connectivity index (χ0) is 20.7. The largest absolute Gasteiger partial charge is 0.454 e. The second-order valence-electron chi connectivity index (χ2n) is 7.34. The smallest absolute Gasteiger partial charge is 0.387 e. The quantitative estimate of drug-likeness (QED) is 0.266. The van der Waals surface area contributed by atoms with Crippen molar-refractivity contribution < 1.29 is 27.7 Å². The Hall–Kier alpha value is -1.56. The van der Waals surface area contributed by atoms with Crippen LogP contribution in [0.3, 0.4) is 0 Å². The lowest BCUT2D eigenvalue weighted by Crippen LogP contribution is -2.46. The summed E-state index contributed by atoms with van der Waals surface area (Å²) in [5.74, 6) is 1.57. The van der Waals surface area contributed by atoms with Crippen molar-refractivity contribution in [2.24, 2.45) is 10.4 Å². The van der Waals surface area contributed by atoms with Crippen LogP contribution < -0.4 is 24.8 Å². The number of hydrogen-bond acceptors (Lipinski definition) is 5. The number of guanidine groups is 1. The highest BCUT2D eigenvalue weighted by Crippen LogP contribution is 2.43. The maximum absolute atomic E-state index is 12.8. The molecule has 1 saturated carbocycles. The Labute approximate surface area is 192 Å². The van der Waals surface area contributed by atoms with Gasteiger partial charge in [0.25, 0.3) is 0 Å². The topological polar surface area (TPSA) is 73.3 Å². The summed E-state index contributed by atoms with van der Waals surface area (Å²) < 4.78 is 46.1. The third-order valence-electron chi connectivity index (χ3n) is 5.41. The van der Waals surface area contributed by atoms with Crippen molar-refractivity contribution in [1.29, 1.82) is 0 Å². The standard InChI is InChI=1S/C20H29F2N3O4.HI/c1-3-23-19(25-12-20(5-4-6-20)7-8-26-2)24-11-14-9-16-17(28-13-27-16)10-15(14)29-18(21)22;/h9-10,18H,3-8,11-13H2,1-2H3,(H2,23,24,25);1H. The number of fused-ring (bicyclic) bond motifs is 1. The number of nitrogens with zero attached hydrogens (tertiary/aromatic N) is 1. The van der Waals surface area contributed by atoms with E-state index in [4.69, 9.17) is 14.2 Å². The normalized spacial score (nSPS) is 16.6. The van der Waals surface area contributed by atoms with Crippen LogP contribution in [-0.2, 0) is 11.3 Å². The summed E-state index contributed by atoms with van der Waals surface area (Å²) in [6, 6.07) is 3.06. The molecule has 170 valence electrons. The second-order valence-corrected chi connectivity index (χ2v) is 7.34. The van der Waals surface area contributed by atoms with Crippen LogP contribution in [-0.4, -0.2) is 46.2 Å². The molecule has 0 spiro atoms. The van der Waals surface area contributed by atoms with Gasteiger partial charge in [0, 0.05) is 38.4 Å². The molecule has 1 aliphatic carbocycles. The van der Waals surface area contributed by atoms with Gasteiger partial charge in [0.15, 0.2) is 17.5 Å². The molecule has 30 heavy (non-hydrogen) atoms. The molecule has 7 nitrogen and oxygen atoms in total. The first-order valence-electron chi connectivity index (χ1n) is 9.94. The van der Waals surface area contributed by atoms with Crippen LogP contribution >= 0.6 is 24.0 Å². The Morgan fingerprint density at radius 1 is 1.23 bits per heavy atom. The number of aliphatic imine (C=N–C) groups is 1. The summed E-state index contributed by atoms with van der Waals surface area (Å²) in [5, 5.41) is 6.60. The van der Waals surface area contributed by atoms with E-state index in [0.29, 0.717) is 29.6 Å². The number of benzene rings is 1. The molecular weight excluding hydrogens is 511 g/mol. The van der Waals surface area contributed by atoms with Gasteiger partial charge in [0.2, 0.25) is 6.79 Å². The summed E-state index contributed by atoms with van der Waals surface area (Å²) in [6.07, 6.45) is 4.56. The minimum atomic E-state index is -2.93. The minimum absolute atomic E-state index is 0. The van der Waals surface area contributed by atoms with Crippen LogP contribution in [0.5, 0.6) is 17.2 Å². The lowest BCUT2D eigenvalue weighted by molar-refractivity contribution is -0.0505. The van der Waals surface area contributed by atoms with Crippen LogP contribution in [0.2, 0.25) is 0 Å². The number of ether oxygens (including phenoxy) is 4. The van der Waals surface area contributed by atoms with Gasteiger partial charge < -0.3 is 29.6 Å². The fourth-order valence-corrected chi connectivity index (χ4v) is 3.58. The average molecular weight is 541 g/mol. The van der Waals surface area contributed by atoms with E-state index in [0.717, 1.165) is 32.4 Å². The van der Waals surface area contributed by atoms with Crippen LogP contribution in [0.4, 0.5) is 8.78 Å². The van der Waals surface area contributed by atoms with E-state index in [1.165, 1.54) is 12.5 Å². The van der Waals surface area contributed by atoms with Gasteiger partial charge in [-0.2, -0.15) is 8.78 Å². The molecule has 0 radical (unpaired) electrons. The summed E-state index contributed by atoms with van der Waals surface area (Å²) in [4.78, 5) is 4.56. The summed E-state index contributed by atoms with van der Waals surface area (Å²) in [5.41, 5.74) is 0.735. The fourth-order valence-electron chi connectivity index (χ4n) is 3.58. The number of nitrogens with one attached hydrogen (secondary N) is 2. The molecule has 0 unspecified atom stereocenters. The van der Waals surface area contributed by atoms with Crippen LogP contribution in [0.25, 0.3) is 0 Å². The van der Waals surface area contributed by atoms with Crippen molar-refractivity contribution in [2.75, 3.05) is 33.6 Å². The predicted octanol–water partition coefficient (Wildman–Crippen LogP) is 3.90. The summed E-state index contributed by atoms with van der Waals surface area (Å²) in [7, 11) is 1.72. The molecule has 0 saturated heterocycles. The van der Waals surface area contributed by atoms with Gasteiger partial charge in [0.05, 0.1) is 6.54 Å². The van der Waals surface area contributed by atoms with E-state index in [1.807, 2.05) is 6.92 Å². The van der Waals surface area contributed by atoms with E-state index < -0.39 is 6.61 Å². The van der Waals surface area contributed by atoms with E-state index in [1.54, 1.807) is 13.2 Å². The molecule has 1 fully saturated rings. The number of alkyl halides is 2. The van der Waals surface area contributed by atoms with Gasteiger partial charge in [0.1, 0.15) is 5.75 Å². The maximum atomic E-state index is 12.8. The summed E-state index contributed by atoms with van der Waals surface area (Å²) >= 11 is 0. The Balaban J connectivity index is 0.00000320. The fraction of sp³-hybridized carbons (Fsp3) is 0.650. The zero-order valence-corrected chi connectivity index (χ0v) is 19.7. The Morgan fingerprint density at radius 3 is 2.57 bits per heavy atom. The molecular formula is C20H30F2IN3O4. The average Bonchev–Trinajstić information content (AvgIpc) is 3.11. The molecule has 2 aliphatic rings. The highest BCUT2D eigenvalue weighted by atomic mass is 127. The van der Waals surface area contributed by atoms with E-state index in [9.17, 15) is 8.78 Å². The predicted molar refractivity (Wildman–Crippen MR) is 120 cm³/mol. The Bertz CT molecular complexity index is 718. The molecule has 0 atom stereocenters. The van der Waals surface area contributed by atoms with E-state index in [-0.39, 0.29) is 48.5 Å². The van der Waals surface area contributed by atoms with Crippen molar-refractivity contribution in [3.05, 3.63) is 17.7 Å². The first kappa shape index (κ1) is 24.7. The highest BCUT2D eigenvalue weighted by Gasteiger charge is 2.36. The molecule has 1 aromatic rings. The highest BCUT2D eigenvalue weighted by molar-refractivity contribution is 14.0. The maximum Gasteiger partial charge on any atom is 0.387 e. The van der Waals surface area contributed by atoms with Gasteiger partial charge in [-0.3, -0.25) is 0 Å². The van der Waals surface area contributed by atoms with Crippen molar-refractivity contribution in [1.82, 2.24) is 10.6 Å². The molecule has 1 heterocycles. The van der Waals surface area contributed by atoms with Crippen LogP contribution in [0, 0.1) is 5.41 Å². The summed E-state index contributed by atoms with van der Waals surface area (Å²) in [6.45, 7) is 1.50. The van der Waals surface area contributed by atoms with Crippen LogP contribution in [0.15, 0.2) is 17.1 Å². The van der Waals surface area contributed by atoms with Crippen molar-refractivity contribution in [2.45, 2.75) is 45.8 Å². The minimum Gasteiger partial charge on any atom is -0.454 e. The first-order valence-corrected chi connectivity index (χ1v) is 9.94. The first-order chi connectivity index (χ1) is 14.0. The molecule has 10 heteroatoms. The number of hydrogen-bond donors (Lipinski definition) is 2. The SMILES string of the molecule is CCNC(=NCc1cc2c(cc1OC(F)F)OCO2)NCC1(CCOC)CCC1.I. The second kappa shape index (κ2) is 11.7. The molecule has 0 aromatic heterocycles. The molecule has 2 N–H and O–H groups in total. The van der Waals surface area contributed by atoms with Crippen LogP contribution in [0.1, 0.15) is 38.2 Å². The lowest BCUT2D eigenvalue weighted by Gasteiger charge is -2.42. The van der Waals surface area contributed by atoms with Gasteiger partial charge >= 0.3 is 6.61 Å². The van der Waals surface area contributed by atoms with Crippen molar-refractivity contribution >= 4 is 29.9 Å². The molecule has 1 aromatic carbocycles. The van der Waals surface area contributed by atoms with Gasteiger partial charge in [-0.15, -0.1) is 24.0 Å². The Morgan fingerprint density at radius 2 is 1.97 bits per heavy atom. The number of rotatable bonds is 10. The number of methoxy groups -OCH3 is 1. The Kier molecular flexibility index (Phi) is 9.66. The zero-order valence-electron chi connectivity index (χ0n) is 17.3. The monoisotopic (exact) mass is 541 g/mol. The van der Waals surface area contributed by atoms with Gasteiger partial charge in [-0.25, -0.2) is 4.99 Å².